The first-order valence-corrected chi connectivity index (χ1v) is 14.3. The number of halogens is 3. The van der Waals surface area contributed by atoms with Crippen LogP contribution < -0.4 is 10.1 Å². The van der Waals surface area contributed by atoms with E-state index in [1.165, 1.54) is 6.07 Å². The van der Waals surface area contributed by atoms with Crippen molar-refractivity contribution in [3.63, 3.8) is 0 Å². The highest BCUT2D eigenvalue weighted by Gasteiger charge is 2.46. The van der Waals surface area contributed by atoms with Crippen LogP contribution in [0.3, 0.4) is 0 Å². The Morgan fingerprint density at radius 3 is 2.18 bits per heavy atom. The molecule has 1 spiro atoms. The summed E-state index contributed by atoms with van der Waals surface area (Å²) in [6.07, 6.45) is -2.85. The van der Waals surface area contributed by atoms with E-state index in [1.807, 2.05) is 91.0 Å². The van der Waals surface area contributed by atoms with Crippen molar-refractivity contribution < 1.29 is 22.7 Å². The van der Waals surface area contributed by atoms with Crippen LogP contribution in [0.5, 0.6) is 5.75 Å². The molecule has 7 rings (SSSR count). The van der Waals surface area contributed by atoms with Gasteiger partial charge in [-0.2, -0.15) is 13.2 Å². The smallest absolute Gasteiger partial charge is 0.422 e. The van der Waals surface area contributed by atoms with Gasteiger partial charge < -0.3 is 10.1 Å². The Morgan fingerprint density at radius 2 is 1.55 bits per heavy atom. The second kappa shape index (κ2) is 10.8. The van der Waals surface area contributed by atoms with E-state index in [2.05, 4.69) is 5.32 Å². The highest BCUT2D eigenvalue weighted by molar-refractivity contribution is 6.14. The molecule has 6 nitrogen and oxygen atoms in total. The quantitative estimate of drug-likeness (QED) is 0.206. The van der Waals surface area contributed by atoms with Crippen molar-refractivity contribution in [3.8, 4) is 17.0 Å². The van der Waals surface area contributed by atoms with Gasteiger partial charge in [-0.3, -0.25) is 0 Å². The monoisotopic (exact) mass is 592 g/mol. The molecule has 0 fully saturated rings. The first-order chi connectivity index (χ1) is 21.3. The number of alkyl halides is 3. The number of carbonyl (C=O) groups excluding carboxylic acids is 1. The Balaban J connectivity index is 1.34. The van der Waals surface area contributed by atoms with Crippen molar-refractivity contribution >= 4 is 17.6 Å². The number of fused-ring (bicyclic) bond motifs is 3. The second-order valence-corrected chi connectivity index (χ2v) is 11.0. The lowest BCUT2D eigenvalue weighted by molar-refractivity contribution is -0.153. The van der Waals surface area contributed by atoms with Crippen molar-refractivity contribution in [1.29, 1.82) is 0 Å². The molecule has 1 aliphatic heterocycles. The Kier molecular flexibility index (Phi) is 6.80. The predicted molar refractivity (Wildman–Crippen MR) is 161 cm³/mol. The summed E-state index contributed by atoms with van der Waals surface area (Å²) in [5.41, 5.74) is 4.88. The number of nitrogens with one attached hydrogen (secondary N) is 1. The van der Waals surface area contributed by atoms with Crippen LogP contribution in [-0.2, 0) is 18.4 Å². The van der Waals surface area contributed by atoms with E-state index >= 15 is 0 Å². The number of aryl methyl sites for hydroxylation is 1. The van der Waals surface area contributed by atoms with Crippen LogP contribution >= 0.6 is 0 Å². The fourth-order valence-corrected chi connectivity index (χ4v) is 6.15. The molecule has 0 bridgehead atoms. The largest absolute Gasteiger partial charge is 0.484 e. The third kappa shape index (κ3) is 5.15. The molecule has 9 heteroatoms. The molecule has 1 amide bonds. The highest BCUT2D eigenvalue weighted by Crippen LogP contribution is 2.45. The number of hydrogen-bond acceptors (Lipinski definition) is 4. The Labute approximate surface area is 251 Å². The topological polar surface area (TPSA) is 68.5 Å². The van der Waals surface area contributed by atoms with Crippen molar-refractivity contribution in [2.75, 3.05) is 6.61 Å². The molecular formula is C35H27F3N4O2. The number of carbonyl (C=O) groups is 1. The summed E-state index contributed by atoms with van der Waals surface area (Å²) in [5, 5.41) is 3.23. The van der Waals surface area contributed by atoms with Crippen molar-refractivity contribution in [1.82, 2.24) is 14.9 Å². The fourth-order valence-electron chi connectivity index (χ4n) is 6.15. The van der Waals surface area contributed by atoms with Gasteiger partial charge >= 0.3 is 12.2 Å². The third-order valence-electron chi connectivity index (χ3n) is 8.11. The van der Waals surface area contributed by atoms with Gasteiger partial charge in [0, 0.05) is 23.1 Å². The maximum absolute atomic E-state index is 14.0. The molecule has 0 saturated carbocycles. The number of aliphatic imine (C=N–C) groups is 1. The molecular weight excluding hydrogens is 565 g/mol. The minimum absolute atomic E-state index is 0.152. The molecule has 2 aliphatic rings. The molecule has 1 atom stereocenters. The number of hydrogen-bond donors (Lipinski definition) is 1. The van der Waals surface area contributed by atoms with E-state index in [4.69, 9.17) is 14.7 Å². The van der Waals surface area contributed by atoms with Crippen LogP contribution in [0, 0.1) is 0 Å². The van der Waals surface area contributed by atoms with Gasteiger partial charge in [-0.25, -0.2) is 19.3 Å². The van der Waals surface area contributed by atoms with Gasteiger partial charge in [-0.1, -0.05) is 97.1 Å². The molecule has 1 N–H and O–H groups in total. The average molecular weight is 593 g/mol. The summed E-state index contributed by atoms with van der Waals surface area (Å²) in [6, 6.07) is 33.8. The van der Waals surface area contributed by atoms with E-state index in [0.717, 1.165) is 27.8 Å². The molecule has 220 valence electrons. The standard InChI is InChI=1S/C35H27F3N4O2/c36-35(37,38)22-44-27-16-17-28-26(20-27)18-19-34(28)21-29-39-31(25-14-8-3-9-15-25)32(42(29)33(43)41-34)40-30(23-10-4-1-5-11-23)24-12-6-2-7-13-24/h1-17,20H,18-19,21-22H2,(H,41,43)/t34-/m0/s1. The molecule has 0 unspecified atom stereocenters. The average Bonchev–Trinajstić information content (AvgIpc) is 3.57. The molecule has 0 saturated heterocycles. The maximum atomic E-state index is 14.0. The summed E-state index contributed by atoms with van der Waals surface area (Å²) in [6.45, 7) is -1.36. The second-order valence-electron chi connectivity index (χ2n) is 11.0. The maximum Gasteiger partial charge on any atom is 0.422 e. The van der Waals surface area contributed by atoms with Crippen LogP contribution in [0.15, 0.2) is 114 Å². The molecule has 2 heterocycles. The number of amides is 1. The molecule has 5 aromatic rings. The van der Waals surface area contributed by atoms with Gasteiger partial charge in [-0.15, -0.1) is 0 Å². The Bertz CT molecular complexity index is 1830. The number of nitrogens with zero attached hydrogens (tertiary/aromatic N) is 3. The van der Waals surface area contributed by atoms with Crippen LogP contribution in [-0.4, -0.2) is 34.1 Å². The lowest BCUT2D eigenvalue weighted by atomic mass is 9.86. The number of imidazole rings is 1. The summed E-state index contributed by atoms with van der Waals surface area (Å²) in [4.78, 5) is 24.2. The first-order valence-electron chi connectivity index (χ1n) is 14.3. The summed E-state index contributed by atoms with van der Waals surface area (Å²) >= 11 is 0. The lowest BCUT2D eigenvalue weighted by Gasteiger charge is -2.35. The van der Waals surface area contributed by atoms with Gasteiger partial charge in [0.15, 0.2) is 12.4 Å². The summed E-state index contributed by atoms with van der Waals surface area (Å²) in [7, 11) is 0. The van der Waals surface area contributed by atoms with Gasteiger partial charge in [0.2, 0.25) is 0 Å². The van der Waals surface area contributed by atoms with Crippen molar-refractivity contribution in [2.45, 2.75) is 31.0 Å². The Hall–Kier alpha value is -5.18. The molecule has 0 radical (unpaired) electrons. The lowest BCUT2D eigenvalue weighted by Crippen LogP contribution is -2.52. The van der Waals surface area contributed by atoms with Gasteiger partial charge in [0.25, 0.3) is 0 Å². The van der Waals surface area contributed by atoms with Crippen LogP contribution in [0.25, 0.3) is 11.3 Å². The van der Waals surface area contributed by atoms with Crippen LogP contribution in [0.2, 0.25) is 0 Å². The van der Waals surface area contributed by atoms with E-state index < -0.39 is 18.3 Å². The zero-order valence-corrected chi connectivity index (χ0v) is 23.5. The van der Waals surface area contributed by atoms with Crippen LogP contribution in [0.1, 0.15) is 34.5 Å². The van der Waals surface area contributed by atoms with Crippen molar-refractivity contribution in [3.05, 3.63) is 137 Å². The fraction of sp³-hybridized carbons (Fsp3) is 0.171. The number of benzene rings is 4. The zero-order valence-electron chi connectivity index (χ0n) is 23.5. The van der Waals surface area contributed by atoms with Gasteiger partial charge in [0.05, 0.1) is 11.3 Å². The van der Waals surface area contributed by atoms with Crippen LogP contribution in [0.4, 0.5) is 23.8 Å². The zero-order chi connectivity index (χ0) is 30.3. The summed E-state index contributed by atoms with van der Waals surface area (Å²) in [5.74, 6) is 1.14. The minimum Gasteiger partial charge on any atom is -0.484 e. The Morgan fingerprint density at radius 1 is 0.909 bits per heavy atom. The normalized spacial score (nSPS) is 17.1. The molecule has 1 aromatic heterocycles. The molecule has 4 aromatic carbocycles. The summed E-state index contributed by atoms with van der Waals surface area (Å²) < 4.78 is 44.7. The first kappa shape index (κ1) is 27.6. The number of rotatable bonds is 6. The SMILES string of the molecule is O=C1N[C@@]2(CCc3cc(OCC(F)(F)F)ccc32)Cc2nc(-c3ccccc3)c(N=C(c3ccccc3)c3ccccc3)n21. The molecule has 1 aliphatic carbocycles. The number of ether oxygens (including phenoxy) is 1. The third-order valence-corrected chi connectivity index (χ3v) is 8.11. The van der Waals surface area contributed by atoms with E-state index in [9.17, 15) is 18.0 Å². The minimum atomic E-state index is -4.42. The van der Waals surface area contributed by atoms with E-state index in [0.29, 0.717) is 42.3 Å². The van der Waals surface area contributed by atoms with E-state index in [-0.39, 0.29) is 11.8 Å². The van der Waals surface area contributed by atoms with Crippen molar-refractivity contribution in [2.24, 2.45) is 4.99 Å². The molecule has 44 heavy (non-hydrogen) atoms. The highest BCUT2D eigenvalue weighted by atomic mass is 19.4. The van der Waals surface area contributed by atoms with Gasteiger partial charge in [-0.05, 0) is 36.1 Å². The van der Waals surface area contributed by atoms with E-state index in [1.54, 1.807) is 16.7 Å². The van der Waals surface area contributed by atoms with Gasteiger partial charge in [0.1, 0.15) is 17.3 Å². The predicted octanol–water partition coefficient (Wildman–Crippen LogP) is 7.62. The number of aromatic nitrogens is 2.